The molecule has 0 spiro atoms. The molecule has 0 aliphatic carbocycles. The fourth-order valence-electron chi connectivity index (χ4n) is 2.52. The lowest BCUT2D eigenvalue weighted by molar-refractivity contribution is -0.123. The Balaban J connectivity index is 1.77. The molecule has 1 atom stereocenters. The van der Waals surface area contributed by atoms with Crippen molar-refractivity contribution in [2.24, 2.45) is 0 Å². The summed E-state index contributed by atoms with van der Waals surface area (Å²) >= 11 is 1.03. The van der Waals surface area contributed by atoms with E-state index in [9.17, 15) is 18.8 Å². The highest BCUT2D eigenvalue weighted by Crippen LogP contribution is 2.28. The standard InChI is InChI=1S/C18H16FN3O4S/c1-8-13-16(24)20-10(3)21-17(13)27-14(8)18(25)26-9(2)15(23)22-12-6-4-5-11(19)7-12/h4-7,9H,1-3H3,(H,22,23)(H,20,21,24)/t9-/m0/s1. The van der Waals surface area contributed by atoms with Gasteiger partial charge in [0, 0.05) is 5.69 Å². The molecular weight excluding hydrogens is 373 g/mol. The number of nitrogens with zero attached hydrogens (tertiary/aromatic N) is 1. The number of thiophene rings is 1. The highest BCUT2D eigenvalue weighted by atomic mass is 32.1. The van der Waals surface area contributed by atoms with Crippen LogP contribution in [0.5, 0.6) is 0 Å². The number of esters is 1. The molecule has 2 N–H and O–H groups in total. The molecule has 9 heteroatoms. The molecule has 1 aromatic carbocycles. The minimum Gasteiger partial charge on any atom is -0.448 e. The Labute approximate surface area is 157 Å². The second-order valence-electron chi connectivity index (χ2n) is 5.93. The zero-order valence-corrected chi connectivity index (χ0v) is 15.6. The van der Waals surface area contributed by atoms with E-state index in [-0.39, 0.29) is 16.1 Å². The molecule has 27 heavy (non-hydrogen) atoms. The van der Waals surface area contributed by atoms with Gasteiger partial charge in [0.1, 0.15) is 21.3 Å². The topological polar surface area (TPSA) is 101 Å². The number of carbonyl (C=O) groups excluding carboxylic acids is 2. The Morgan fingerprint density at radius 1 is 1.33 bits per heavy atom. The number of anilines is 1. The summed E-state index contributed by atoms with van der Waals surface area (Å²) in [5.74, 6) is -1.38. The van der Waals surface area contributed by atoms with Gasteiger partial charge in [0.25, 0.3) is 11.5 Å². The molecule has 7 nitrogen and oxygen atoms in total. The summed E-state index contributed by atoms with van der Waals surface area (Å²) in [5.41, 5.74) is 0.376. The first kappa shape index (κ1) is 18.7. The first-order chi connectivity index (χ1) is 12.8. The van der Waals surface area contributed by atoms with Crippen LogP contribution in [0.2, 0.25) is 0 Å². The molecule has 0 bridgehead atoms. The number of aromatic amines is 1. The van der Waals surface area contributed by atoms with Crippen molar-refractivity contribution in [1.82, 2.24) is 9.97 Å². The monoisotopic (exact) mass is 389 g/mol. The lowest BCUT2D eigenvalue weighted by atomic mass is 10.2. The Morgan fingerprint density at radius 3 is 2.78 bits per heavy atom. The maximum Gasteiger partial charge on any atom is 0.349 e. The van der Waals surface area contributed by atoms with Crippen molar-refractivity contribution in [1.29, 1.82) is 0 Å². The molecule has 0 aliphatic heterocycles. The highest BCUT2D eigenvalue weighted by Gasteiger charge is 2.24. The number of amides is 1. The zero-order valence-electron chi connectivity index (χ0n) is 14.8. The molecular formula is C18H16FN3O4S. The lowest BCUT2D eigenvalue weighted by Crippen LogP contribution is -2.30. The van der Waals surface area contributed by atoms with Gasteiger partial charge in [-0.05, 0) is 44.5 Å². The van der Waals surface area contributed by atoms with Gasteiger partial charge in [-0.3, -0.25) is 9.59 Å². The van der Waals surface area contributed by atoms with Crippen molar-refractivity contribution in [3.8, 4) is 0 Å². The predicted octanol–water partition coefficient (Wildman–Crippen LogP) is 2.92. The van der Waals surface area contributed by atoms with Crippen LogP contribution in [0.3, 0.4) is 0 Å². The van der Waals surface area contributed by atoms with Gasteiger partial charge >= 0.3 is 5.97 Å². The van der Waals surface area contributed by atoms with Crippen LogP contribution in [0.25, 0.3) is 10.2 Å². The van der Waals surface area contributed by atoms with Crippen LogP contribution in [-0.2, 0) is 9.53 Å². The number of hydrogen-bond donors (Lipinski definition) is 2. The van der Waals surface area contributed by atoms with E-state index in [1.807, 2.05) is 0 Å². The van der Waals surface area contributed by atoms with Crippen molar-refractivity contribution < 1.29 is 18.7 Å². The fraction of sp³-hybridized carbons (Fsp3) is 0.222. The summed E-state index contributed by atoms with van der Waals surface area (Å²) in [6, 6.07) is 5.38. The maximum atomic E-state index is 13.2. The van der Waals surface area contributed by atoms with E-state index < -0.39 is 23.8 Å². The van der Waals surface area contributed by atoms with Gasteiger partial charge in [-0.2, -0.15) is 0 Å². The van der Waals surface area contributed by atoms with Crippen molar-refractivity contribution in [2.75, 3.05) is 5.32 Å². The van der Waals surface area contributed by atoms with Crippen LogP contribution in [0.15, 0.2) is 29.1 Å². The number of carbonyl (C=O) groups is 2. The highest BCUT2D eigenvalue weighted by molar-refractivity contribution is 7.20. The van der Waals surface area contributed by atoms with Crippen LogP contribution in [0.1, 0.15) is 28.0 Å². The second kappa shape index (κ2) is 7.28. The molecule has 0 radical (unpaired) electrons. The minimum atomic E-state index is -1.11. The van der Waals surface area contributed by atoms with Gasteiger partial charge < -0.3 is 15.0 Å². The molecule has 2 heterocycles. The Morgan fingerprint density at radius 2 is 2.07 bits per heavy atom. The van der Waals surface area contributed by atoms with E-state index in [0.717, 1.165) is 17.4 Å². The normalized spacial score (nSPS) is 12.0. The molecule has 1 amide bonds. The molecule has 0 fully saturated rings. The summed E-state index contributed by atoms with van der Waals surface area (Å²) in [7, 11) is 0. The molecule has 0 aliphatic rings. The van der Waals surface area contributed by atoms with Crippen LogP contribution >= 0.6 is 11.3 Å². The number of hydrogen-bond acceptors (Lipinski definition) is 6. The SMILES string of the molecule is Cc1nc2sc(C(=O)O[C@@H](C)C(=O)Nc3cccc(F)c3)c(C)c2c(=O)[nH]1. The van der Waals surface area contributed by atoms with E-state index in [0.29, 0.717) is 21.6 Å². The molecule has 0 saturated heterocycles. The predicted molar refractivity (Wildman–Crippen MR) is 99.6 cm³/mol. The number of benzene rings is 1. The van der Waals surface area contributed by atoms with Crippen molar-refractivity contribution in [3.05, 3.63) is 56.7 Å². The lowest BCUT2D eigenvalue weighted by Gasteiger charge is -2.13. The van der Waals surface area contributed by atoms with E-state index in [1.165, 1.54) is 25.1 Å². The van der Waals surface area contributed by atoms with E-state index >= 15 is 0 Å². The van der Waals surface area contributed by atoms with Gasteiger partial charge in [-0.1, -0.05) is 6.07 Å². The third kappa shape index (κ3) is 3.87. The smallest absolute Gasteiger partial charge is 0.349 e. The average Bonchev–Trinajstić information content (AvgIpc) is 2.91. The summed E-state index contributed by atoms with van der Waals surface area (Å²) in [4.78, 5) is 44.2. The number of H-pyrrole nitrogens is 1. The second-order valence-corrected chi connectivity index (χ2v) is 6.93. The third-order valence-electron chi connectivity index (χ3n) is 3.85. The quantitative estimate of drug-likeness (QED) is 0.668. The van der Waals surface area contributed by atoms with Gasteiger partial charge in [-0.25, -0.2) is 14.2 Å². The van der Waals surface area contributed by atoms with Crippen LogP contribution in [0, 0.1) is 19.7 Å². The van der Waals surface area contributed by atoms with Gasteiger partial charge in [0.15, 0.2) is 6.10 Å². The third-order valence-corrected chi connectivity index (χ3v) is 5.02. The van der Waals surface area contributed by atoms with Crippen LogP contribution in [0.4, 0.5) is 10.1 Å². The number of rotatable bonds is 4. The molecule has 0 unspecified atom stereocenters. The van der Waals surface area contributed by atoms with Crippen molar-refractivity contribution >= 4 is 39.1 Å². The Hall–Kier alpha value is -3.07. The number of ether oxygens (including phenoxy) is 1. The largest absolute Gasteiger partial charge is 0.448 e. The molecule has 0 saturated carbocycles. The van der Waals surface area contributed by atoms with E-state index in [1.54, 1.807) is 13.8 Å². The van der Waals surface area contributed by atoms with E-state index in [4.69, 9.17) is 4.74 Å². The summed E-state index contributed by atoms with van der Waals surface area (Å²) in [6.07, 6.45) is -1.11. The molecule has 140 valence electrons. The number of aryl methyl sites for hydroxylation is 2. The van der Waals surface area contributed by atoms with Crippen LogP contribution in [-0.4, -0.2) is 27.9 Å². The summed E-state index contributed by atoms with van der Waals surface area (Å²) < 4.78 is 18.4. The molecule has 3 rings (SSSR count). The van der Waals surface area contributed by atoms with E-state index in [2.05, 4.69) is 15.3 Å². The molecule has 2 aromatic heterocycles. The number of fused-ring (bicyclic) bond motifs is 1. The Bertz CT molecular complexity index is 1110. The van der Waals surface area contributed by atoms with Crippen molar-refractivity contribution in [2.45, 2.75) is 26.9 Å². The number of halogens is 1. The maximum absolute atomic E-state index is 13.2. The number of nitrogens with one attached hydrogen (secondary N) is 2. The van der Waals surface area contributed by atoms with Crippen LogP contribution < -0.4 is 10.9 Å². The Kier molecular flexibility index (Phi) is 5.04. The minimum absolute atomic E-state index is 0.207. The summed E-state index contributed by atoms with van der Waals surface area (Å²) in [6.45, 7) is 4.68. The molecule has 3 aromatic rings. The number of aromatic nitrogens is 2. The summed E-state index contributed by atoms with van der Waals surface area (Å²) in [5, 5.41) is 2.81. The van der Waals surface area contributed by atoms with Gasteiger partial charge in [-0.15, -0.1) is 11.3 Å². The van der Waals surface area contributed by atoms with Gasteiger partial charge in [0.05, 0.1) is 5.39 Å². The first-order valence-electron chi connectivity index (χ1n) is 8.03. The first-order valence-corrected chi connectivity index (χ1v) is 8.85. The zero-order chi connectivity index (χ0) is 19.7. The fourth-order valence-corrected chi connectivity index (χ4v) is 3.63. The van der Waals surface area contributed by atoms with Crippen molar-refractivity contribution in [3.63, 3.8) is 0 Å². The van der Waals surface area contributed by atoms with Gasteiger partial charge in [0.2, 0.25) is 0 Å². The average molecular weight is 389 g/mol.